The minimum absolute atomic E-state index is 0.152. The lowest BCUT2D eigenvalue weighted by atomic mass is 9.94. The maximum atomic E-state index is 10.6. The Hall–Kier alpha value is -2.16. The number of hydrogen-bond acceptors (Lipinski definition) is 2. The number of benzene rings is 2. The lowest BCUT2D eigenvalue weighted by Gasteiger charge is -2.11. The van der Waals surface area contributed by atoms with Gasteiger partial charge in [-0.15, -0.1) is 0 Å². The van der Waals surface area contributed by atoms with Gasteiger partial charge in [-0.1, -0.05) is 49.4 Å². The van der Waals surface area contributed by atoms with E-state index < -0.39 is 0 Å². The molecule has 2 rings (SSSR count). The van der Waals surface area contributed by atoms with E-state index in [1.54, 1.807) is 12.1 Å². The molecule has 0 aliphatic carbocycles. The van der Waals surface area contributed by atoms with E-state index in [2.05, 4.69) is 19.1 Å². The molecule has 0 bridgehead atoms. The molecule has 2 aromatic carbocycles. The average molecular weight is 255 g/mol. The minimum Gasteiger partial charge on any atom is -0.258 e. The molecule has 1 atom stereocenters. The van der Waals surface area contributed by atoms with Gasteiger partial charge in [-0.25, -0.2) is 0 Å². The number of hydrogen-bond donors (Lipinski definition) is 0. The molecule has 3 nitrogen and oxygen atoms in total. The second-order valence-electron chi connectivity index (χ2n) is 4.77. The van der Waals surface area contributed by atoms with Crippen LogP contribution < -0.4 is 0 Å². The van der Waals surface area contributed by atoms with E-state index in [0.29, 0.717) is 5.92 Å². The minimum atomic E-state index is -0.363. The summed E-state index contributed by atoms with van der Waals surface area (Å²) in [5.41, 5.74) is 2.64. The summed E-state index contributed by atoms with van der Waals surface area (Å²) >= 11 is 0. The standard InChI is InChI=1S/C16H17NO2/c1-13(7-8-14-5-3-2-4-6-14)15-9-11-16(12-10-15)17(18)19/h2-6,9-13H,7-8H2,1H3. The van der Waals surface area contributed by atoms with Gasteiger partial charge >= 0.3 is 0 Å². The van der Waals surface area contributed by atoms with E-state index in [9.17, 15) is 10.1 Å². The van der Waals surface area contributed by atoms with Crippen LogP contribution >= 0.6 is 0 Å². The van der Waals surface area contributed by atoms with Crippen molar-refractivity contribution in [2.75, 3.05) is 0 Å². The molecule has 0 fully saturated rings. The normalized spacial score (nSPS) is 12.1. The van der Waals surface area contributed by atoms with Crippen LogP contribution in [0.4, 0.5) is 5.69 Å². The summed E-state index contributed by atoms with van der Waals surface area (Å²) in [5.74, 6) is 0.404. The highest BCUT2D eigenvalue weighted by Gasteiger charge is 2.09. The topological polar surface area (TPSA) is 43.1 Å². The Balaban J connectivity index is 1.96. The van der Waals surface area contributed by atoms with Gasteiger partial charge in [-0.05, 0) is 29.9 Å². The van der Waals surface area contributed by atoms with Crippen LogP contribution in [0.3, 0.4) is 0 Å². The molecule has 0 aliphatic heterocycles. The van der Waals surface area contributed by atoms with Gasteiger partial charge in [-0.2, -0.15) is 0 Å². The molecule has 0 saturated heterocycles. The van der Waals surface area contributed by atoms with Gasteiger partial charge in [-0.3, -0.25) is 10.1 Å². The number of nitro groups is 1. The average Bonchev–Trinajstić information content (AvgIpc) is 2.46. The smallest absolute Gasteiger partial charge is 0.258 e. The molecule has 2 aromatic rings. The Bertz CT molecular complexity index is 534. The van der Waals surface area contributed by atoms with Gasteiger partial charge in [0.1, 0.15) is 0 Å². The number of non-ortho nitro benzene ring substituents is 1. The lowest BCUT2D eigenvalue weighted by molar-refractivity contribution is -0.384. The second kappa shape index (κ2) is 6.14. The first-order valence-electron chi connectivity index (χ1n) is 6.45. The van der Waals surface area contributed by atoms with Crippen molar-refractivity contribution in [2.24, 2.45) is 0 Å². The fourth-order valence-corrected chi connectivity index (χ4v) is 2.12. The zero-order chi connectivity index (χ0) is 13.7. The van der Waals surface area contributed by atoms with Crippen LogP contribution in [0.2, 0.25) is 0 Å². The molecule has 0 N–H and O–H groups in total. The summed E-state index contributed by atoms with van der Waals surface area (Å²) in [5, 5.41) is 10.6. The van der Waals surface area contributed by atoms with E-state index in [-0.39, 0.29) is 10.6 Å². The van der Waals surface area contributed by atoms with Crippen LogP contribution in [0.25, 0.3) is 0 Å². The van der Waals surface area contributed by atoms with Crippen molar-refractivity contribution in [2.45, 2.75) is 25.7 Å². The van der Waals surface area contributed by atoms with Gasteiger partial charge in [0.25, 0.3) is 5.69 Å². The molecule has 0 aliphatic rings. The fraction of sp³-hybridized carbons (Fsp3) is 0.250. The second-order valence-corrected chi connectivity index (χ2v) is 4.77. The van der Waals surface area contributed by atoms with E-state index in [4.69, 9.17) is 0 Å². The lowest BCUT2D eigenvalue weighted by Crippen LogP contribution is -1.97. The van der Waals surface area contributed by atoms with Crippen molar-refractivity contribution < 1.29 is 4.92 Å². The quantitative estimate of drug-likeness (QED) is 0.589. The van der Waals surface area contributed by atoms with Crippen LogP contribution in [0, 0.1) is 10.1 Å². The molecule has 0 heterocycles. The van der Waals surface area contributed by atoms with Crippen molar-refractivity contribution in [1.82, 2.24) is 0 Å². The first-order valence-corrected chi connectivity index (χ1v) is 6.45. The van der Waals surface area contributed by atoms with Crippen LogP contribution in [-0.4, -0.2) is 4.92 Å². The SMILES string of the molecule is CC(CCc1ccccc1)c1ccc([N+](=O)[O-])cc1. The summed E-state index contributed by atoms with van der Waals surface area (Å²) in [6.45, 7) is 2.16. The molecule has 3 heteroatoms. The Morgan fingerprint density at radius 1 is 1.05 bits per heavy atom. The first kappa shape index (κ1) is 13.3. The van der Waals surface area contributed by atoms with Crippen LogP contribution in [-0.2, 0) is 6.42 Å². The molecule has 0 spiro atoms. The third-order valence-electron chi connectivity index (χ3n) is 3.38. The molecule has 1 unspecified atom stereocenters. The number of nitrogens with zero attached hydrogens (tertiary/aromatic N) is 1. The predicted octanol–water partition coefficient (Wildman–Crippen LogP) is 4.33. The third kappa shape index (κ3) is 3.65. The van der Waals surface area contributed by atoms with Gasteiger partial charge in [0.05, 0.1) is 4.92 Å². The molecular weight excluding hydrogens is 238 g/mol. The maximum Gasteiger partial charge on any atom is 0.269 e. The van der Waals surface area contributed by atoms with E-state index in [1.165, 1.54) is 5.56 Å². The summed E-state index contributed by atoms with van der Waals surface area (Å²) in [6, 6.07) is 17.2. The van der Waals surface area contributed by atoms with Gasteiger partial charge in [0.2, 0.25) is 0 Å². The van der Waals surface area contributed by atoms with Crippen molar-refractivity contribution in [3.05, 3.63) is 75.8 Å². The molecule has 0 amide bonds. The van der Waals surface area contributed by atoms with Crippen molar-refractivity contribution in [1.29, 1.82) is 0 Å². The van der Waals surface area contributed by atoms with Gasteiger partial charge in [0.15, 0.2) is 0 Å². The highest BCUT2D eigenvalue weighted by Crippen LogP contribution is 2.23. The van der Waals surface area contributed by atoms with E-state index in [1.807, 2.05) is 30.3 Å². The summed E-state index contributed by atoms with van der Waals surface area (Å²) in [4.78, 5) is 10.2. The fourth-order valence-electron chi connectivity index (χ4n) is 2.12. The Morgan fingerprint density at radius 3 is 2.26 bits per heavy atom. The van der Waals surface area contributed by atoms with Crippen molar-refractivity contribution in [3.63, 3.8) is 0 Å². The molecular formula is C16H17NO2. The van der Waals surface area contributed by atoms with Crippen LogP contribution in [0.5, 0.6) is 0 Å². The number of rotatable bonds is 5. The summed E-state index contributed by atoms with van der Waals surface area (Å²) in [7, 11) is 0. The van der Waals surface area contributed by atoms with Crippen molar-refractivity contribution >= 4 is 5.69 Å². The Morgan fingerprint density at radius 2 is 1.68 bits per heavy atom. The molecule has 0 saturated carbocycles. The maximum absolute atomic E-state index is 10.6. The highest BCUT2D eigenvalue weighted by molar-refractivity contribution is 5.34. The highest BCUT2D eigenvalue weighted by atomic mass is 16.6. The number of aryl methyl sites for hydroxylation is 1. The molecule has 0 radical (unpaired) electrons. The Kier molecular flexibility index (Phi) is 4.29. The molecule has 19 heavy (non-hydrogen) atoms. The van der Waals surface area contributed by atoms with E-state index >= 15 is 0 Å². The zero-order valence-electron chi connectivity index (χ0n) is 11.0. The van der Waals surface area contributed by atoms with E-state index in [0.717, 1.165) is 18.4 Å². The number of nitro benzene ring substituents is 1. The van der Waals surface area contributed by atoms with Gasteiger partial charge in [0, 0.05) is 12.1 Å². The molecule has 98 valence electrons. The molecule has 0 aromatic heterocycles. The first-order chi connectivity index (χ1) is 9.16. The van der Waals surface area contributed by atoms with Crippen molar-refractivity contribution in [3.8, 4) is 0 Å². The summed E-state index contributed by atoms with van der Waals surface area (Å²) in [6.07, 6.45) is 2.07. The third-order valence-corrected chi connectivity index (χ3v) is 3.38. The Labute approximate surface area is 113 Å². The largest absolute Gasteiger partial charge is 0.269 e. The predicted molar refractivity (Wildman–Crippen MR) is 76.3 cm³/mol. The van der Waals surface area contributed by atoms with Gasteiger partial charge < -0.3 is 0 Å². The summed E-state index contributed by atoms with van der Waals surface area (Å²) < 4.78 is 0. The van der Waals surface area contributed by atoms with Crippen LogP contribution in [0.1, 0.15) is 30.4 Å². The van der Waals surface area contributed by atoms with Crippen LogP contribution in [0.15, 0.2) is 54.6 Å². The monoisotopic (exact) mass is 255 g/mol. The zero-order valence-corrected chi connectivity index (χ0v) is 11.0.